The summed E-state index contributed by atoms with van der Waals surface area (Å²) in [5, 5.41) is 15.4. The molecule has 140 valence electrons. The molecule has 0 bridgehead atoms. The number of ether oxygens (including phenoxy) is 1. The van der Waals surface area contributed by atoms with Gasteiger partial charge in [-0.2, -0.15) is 5.10 Å². The van der Waals surface area contributed by atoms with Gasteiger partial charge in [0.05, 0.1) is 25.1 Å². The Morgan fingerprint density at radius 2 is 2.15 bits per heavy atom. The van der Waals surface area contributed by atoms with Gasteiger partial charge in [0.25, 0.3) is 5.56 Å². The summed E-state index contributed by atoms with van der Waals surface area (Å²) in [4.78, 5) is 35.4. The Hall–Kier alpha value is -3.20. The molecule has 0 spiro atoms. The van der Waals surface area contributed by atoms with E-state index in [0.717, 1.165) is 13.2 Å². The maximum atomic E-state index is 14.4. The number of aromatic amines is 1. The quantitative estimate of drug-likeness (QED) is 0.643. The number of benzene rings is 1. The van der Waals surface area contributed by atoms with Crippen LogP contribution in [0.15, 0.2) is 35.4 Å². The average Bonchev–Trinajstić information content (AvgIpc) is 2.99. The predicted molar refractivity (Wildman–Crippen MR) is 92.6 cm³/mol. The van der Waals surface area contributed by atoms with Crippen molar-refractivity contribution in [3.63, 3.8) is 0 Å². The smallest absolute Gasteiger partial charge is 0.341 e. The number of carboxylic acid groups (broad SMARTS) is 1. The lowest BCUT2D eigenvalue weighted by Crippen LogP contribution is -2.20. The van der Waals surface area contributed by atoms with Gasteiger partial charge in [-0.1, -0.05) is 17.7 Å². The Labute approximate surface area is 156 Å². The van der Waals surface area contributed by atoms with E-state index in [1.54, 1.807) is 0 Å². The summed E-state index contributed by atoms with van der Waals surface area (Å²) in [7, 11) is 1.16. The molecule has 0 unspecified atom stereocenters. The number of esters is 1. The zero-order valence-electron chi connectivity index (χ0n) is 13.9. The molecule has 0 aromatic heterocycles. The van der Waals surface area contributed by atoms with Crippen molar-refractivity contribution in [1.82, 2.24) is 14.8 Å². The van der Waals surface area contributed by atoms with E-state index in [2.05, 4.69) is 10.2 Å². The van der Waals surface area contributed by atoms with Crippen molar-refractivity contribution in [2.24, 2.45) is 0 Å². The number of rotatable bonds is 5. The molecular formula is C17H13ClFN3O5. The Kier molecular flexibility index (Phi) is 4.95. The second-order valence-corrected chi connectivity index (χ2v) is 6.14. The molecule has 1 aromatic rings. The lowest BCUT2D eigenvalue weighted by atomic mass is 10.0. The first-order valence-corrected chi connectivity index (χ1v) is 8.04. The van der Waals surface area contributed by atoms with Crippen LogP contribution in [-0.2, 0) is 9.53 Å². The number of carboxylic acids is 1. The predicted octanol–water partition coefficient (Wildman–Crippen LogP) is 2.32. The molecule has 2 N–H and O–H groups in total. The number of aliphatic carboxylic acids is 1. The van der Waals surface area contributed by atoms with Gasteiger partial charge in [-0.3, -0.25) is 9.59 Å². The maximum Gasteiger partial charge on any atom is 0.341 e. The Balaban J connectivity index is 2.25. The highest BCUT2D eigenvalue weighted by Gasteiger charge is 2.27. The van der Waals surface area contributed by atoms with Crippen molar-refractivity contribution in [3.8, 4) is 11.3 Å². The van der Waals surface area contributed by atoms with Crippen LogP contribution in [0.1, 0.15) is 28.4 Å². The molecule has 0 aliphatic carbocycles. The molecule has 1 atom stereocenters. The van der Waals surface area contributed by atoms with Gasteiger partial charge < -0.3 is 14.4 Å². The molecule has 10 heteroatoms. The van der Waals surface area contributed by atoms with Crippen molar-refractivity contribution in [2.75, 3.05) is 7.11 Å². The van der Waals surface area contributed by atoms with E-state index in [1.165, 1.54) is 29.1 Å². The number of fused-ring (bicyclic) bond motifs is 1. The summed E-state index contributed by atoms with van der Waals surface area (Å²) in [5.41, 5.74) is -0.470. The van der Waals surface area contributed by atoms with Gasteiger partial charge >= 0.3 is 11.9 Å². The number of carbonyl (C=O) groups is 2. The molecule has 0 saturated carbocycles. The first kappa shape index (κ1) is 18.6. The zero-order valence-corrected chi connectivity index (χ0v) is 14.7. The molecule has 2 heterocycles. The molecule has 0 saturated heterocycles. The summed E-state index contributed by atoms with van der Waals surface area (Å²) in [6.07, 6.45) is 2.09. The lowest BCUT2D eigenvalue weighted by molar-refractivity contribution is -0.137. The minimum Gasteiger partial charge on any atom is -0.481 e. The average molecular weight is 394 g/mol. The van der Waals surface area contributed by atoms with Crippen LogP contribution in [0.2, 0.25) is 5.02 Å². The van der Waals surface area contributed by atoms with Crippen molar-refractivity contribution in [1.29, 1.82) is 0 Å². The second kappa shape index (κ2) is 7.20. The number of hydrogen-bond acceptors (Lipinski definition) is 5. The number of nitrogens with one attached hydrogen (secondary N) is 1. The molecule has 0 fully saturated rings. The van der Waals surface area contributed by atoms with Crippen molar-refractivity contribution >= 4 is 23.5 Å². The molecule has 1 aromatic carbocycles. The minimum atomic E-state index is -1.20. The van der Waals surface area contributed by atoms with E-state index >= 15 is 0 Å². The van der Waals surface area contributed by atoms with Gasteiger partial charge in [-0.15, -0.1) is 0 Å². The first-order valence-electron chi connectivity index (χ1n) is 7.66. The summed E-state index contributed by atoms with van der Waals surface area (Å²) >= 11 is 5.77. The van der Waals surface area contributed by atoms with E-state index in [0.29, 0.717) is 0 Å². The normalized spacial score (nSPS) is 12.1. The fraction of sp³-hybridized carbons (Fsp3) is 0.176. The fourth-order valence-corrected chi connectivity index (χ4v) is 2.97. The summed E-state index contributed by atoms with van der Waals surface area (Å²) in [6, 6.07) is 2.80. The van der Waals surface area contributed by atoms with Crippen LogP contribution in [-0.4, -0.2) is 38.9 Å². The van der Waals surface area contributed by atoms with Gasteiger partial charge in [-0.05, 0) is 12.1 Å². The zero-order chi connectivity index (χ0) is 19.7. The molecule has 8 nitrogen and oxygen atoms in total. The fourth-order valence-electron chi connectivity index (χ4n) is 2.81. The van der Waals surface area contributed by atoms with Gasteiger partial charge in [0, 0.05) is 23.0 Å². The van der Waals surface area contributed by atoms with Gasteiger partial charge in [0.1, 0.15) is 17.1 Å². The minimum absolute atomic E-state index is 0.0397. The van der Waals surface area contributed by atoms with Crippen LogP contribution in [0.3, 0.4) is 0 Å². The Morgan fingerprint density at radius 3 is 2.78 bits per heavy atom. The van der Waals surface area contributed by atoms with Gasteiger partial charge in [0.2, 0.25) is 0 Å². The summed E-state index contributed by atoms with van der Waals surface area (Å²) in [6.45, 7) is 0. The highest BCUT2D eigenvalue weighted by Crippen LogP contribution is 2.30. The van der Waals surface area contributed by atoms with Crippen molar-refractivity contribution in [3.05, 3.63) is 62.9 Å². The topological polar surface area (TPSA) is 114 Å². The standard InChI is InChI=1S/C17H13ClFN3O5/c1-27-17(26)11-7-22(6-10-15(11)20-21-16(10)25)13(5-14(23)24)9-3-2-8(18)4-12(9)19/h2-4,6-7,13H,5H2,1H3,(H,21,25)(H,23,24)/t13-/m1/s1. The number of nitrogens with zero attached hydrogens (tertiary/aromatic N) is 2. The number of halogens is 2. The van der Waals surface area contributed by atoms with Crippen LogP contribution in [0.5, 0.6) is 0 Å². The maximum absolute atomic E-state index is 14.4. The van der Waals surface area contributed by atoms with Gasteiger partial charge in [0.15, 0.2) is 0 Å². The second-order valence-electron chi connectivity index (χ2n) is 5.71. The van der Waals surface area contributed by atoms with Crippen LogP contribution in [0, 0.1) is 5.82 Å². The number of pyridine rings is 1. The highest BCUT2D eigenvalue weighted by molar-refractivity contribution is 6.30. The number of H-pyrrole nitrogens is 1. The Morgan fingerprint density at radius 1 is 1.41 bits per heavy atom. The third-order valence-electron chi connectivity index (χ3n) is 4.04. The monoisotopic (exact) mass is 393 g/mol. The van der Waals surface area contributed by atoms with Crippen LogP contribution < -0.4 is 5.56 Å². The van der Waals surface area contributed by atoms with E-state index in [-0.39, 0.29) is 27.4 Å². The summed E-state index contributed by atoms with van der Waals surface area (Å²) < 4.78 is 20.4. The third-order valence-corrected chi connectivity index (χ3v) is 4.27. The highest BCUT2D eigenvalue weighted by atomic mass is 35.5. The van der Waals surface area contributed by atoms with E-state index in [1.807, 2.05) is 0 Å². The molecular weight excluding hydrogens is 381 g/mol. The van der Waals surface area contributed by atoms with Crippen molar-refractivity contribution < 1.29 is 23.8 Å². The largest absolute Gasteiger partial charge is 0.481 e. The van der Waals surface area contributed by atoms with E-state index in [4.69, 9.17) is 16.3 Å². The van der Waals surface area contributed by atoms with Crippen LogP contribution in [0.25, 0.3) is 11.3 Å². The molecule has 2 aliphatic heterocycles. The van der Waals surface area contributed by atoms with E-state index < -0.39 is 35.8 Å². The summed E-state index contributed by atoms with van der Waals surface area (Å²) in [5.74, 6) is -2.68. The number of carbonyl (C=O) groups excluding carboxylic acids is 1. The van der Waals surface area contributed by atoms with Crippen LogP contribution in [0.4, 0.5) is 4.39 Å². The molecule has 0 amide bonds. The first-order chi connectivity index (χ1) is 12.8. The molecule has 3 rings (SSSR count). The number of methoxy groups -OCH3 is 1. The Bertz CT molecular complexity index is 1060. The van der Waals surface area contributed by atoms with Gasteiger partial charge in [-0.25, -0.2) is 14.3 Å². The number of aromatic nitrogens is 3. The number of hydrogen-bond donors (Lipinski definition) is 2. The molecule has 27 heavy (non-hydrogen) atoms. The van der Waals surface area contributed by atoms with Crippen molar-refractivity contribution in [2.45, 2.75) is 12.5 Å². The van der Waals surface area contributed by atoms with E-state index in [9.17, 15) is 23.9 Å². The van der Waals surface area contributed by atoms with Crippen LogP contribution >= 0.6 is 11.6 Å². The molecule has 0 radical (unpaired) electrons. The lowest BCUT2D eigenvalue weighted by Gasteiger charge is -2.22. The SMILES string of the molecule is COC(=O)c1cn([C@H](CC(=O)O)c2ccc(Cl)cc2F)cc2c(=O)[nH]nc1-2. The third kappa shape index (κ3) is 3.54. The molecule has 2 aliphatic rings.